The molecule has 21 heavy (non-hydrogen) atoms. The van der Waals surface area contributed by atoms with Gasteiger partial charge in [-0.1, -0.05) is 23.4 Å². The van der Waals surface area contributed by atoms with Gasteiger partial charge in [-0.15, -0.1) is 5.10 Å². The van der Waals surface area contributed by atoms with E-state index in [9.17, 15) is 14.0 Å². The minimum atomic E-state index is -0.812. The molecule has 0 bridgehead atoms. The molecule has 110 valence electrons. The van der Waals surface area contributed by atoms with Gasteiger partial charge in [0.2, 0.25) is 0 Å². The highest BCUT2D eigenvalue weighted by Gasteiger charge is 2.25. The first-order chi connectivity index (χ1) is 10.1. The van der Waals surface area contributed by atoms with Gasteiger partial charge in [0.15, 0.2) is 11.4 Å². The number of rotatable bonds is 4. The summed E-state index contributed by atoms with van der Waals surface area (Å²) in [6.45, 7) is -0.0969. The number of carbonyl (C=O) groups is 2. The Morgan fingerprint density at radius 2 is 1.86 bits per heavy atom. The first kappa shape index (κ1) is 14.6. The van der Waals surface area contributed by atoms with Crippen LogP contribution >= 0.6 is 0 Å². The van der Waals surface area contributed by atoms with Crippen molar-refractivity contribution in [3.05, 3.63) is 47.0 Å². The fourth-order valence-corrected chi connectivity index (χ4v) is 1.73. The monoisotopic (exact) mass is 293 g/mol. The van der Waals surface area contributed by atoms with Crippen LogP contribution in [0.1, 0.15) is 26.5 Å². The number of halogens is 1. The van der Waals surface area contributed by atoms with E-state index in [0.717, 1.165) is 4.68 Å². The number of nitrogens with zero attached hydrogens (tertiary/aromatic N) is 3. The molecule has 0 radical (unpaired) electrons. The maximum Gasteiger partial charge on any atom is 0.288 e. The van der Waals surface area contributed by atoms with Gasteiger partial charge in [0, 0.05) is 5.56 Å². The van der Waals surface area contributed by atoms with Crippen LogP contribution < -0.4 is 22.5 Å². The standard InChI is InChI=1S/C11H12FN7O2/c12-7-4-2-1-3-6(7)5-19-9(11(21)16-14)8(17-18-19)10(20)15-13/h1-4H,5,13-14H2,(H,15,20)(H,16,21). The molecular formula is C11H12FN7O2. The lowest BCUT2D eigenvalue weighted by Crippen LogP contribution is -2.36. The van der Waals surface area contributed by atoms with Crippen LogP contribution in [-0.2, 0) is 6.54 Å². The van der Waals surface area contributed by atoms with Crippen LogP contribution in [0.3, 0.4) is 0 Å². The summed E-state index contributed by atoms with van der Waals surface area (Å²) in [7, 11) is 0. The number of nitrogens with one attached hydrogen (secondary N) is 2. The maximum atomic E-state index is 13.6. The normalized spacial score (nSPS) is 10.2. The van der Waals surface area contributed by atoms with Gasteiger partial charge < -0.3 is 0 Å². The van der Waals surface area contributed by atoms with E-state index in [4.69, 9.17) is 11.7 Å². The SMILES string of the molecule is NNC(=O)c1nnn(Cc2ccccc2F)c1C(=O)NN. The fourth-order valence-electron chi connectivity index (χ4n) is 1.73. The molecule has 1 aromatic heterocycles. The van der Waals surface area contributed by atoms with Crippen LogP contribution in [0.2, 0.25) is 0 Å². The predicted molar refractivity (Wildman–Crippen MR) is 68.8 cm³/mol. The Balaban J connectivity index is 2.45. The molecule has 0 saturated heterocycles. The van der Waals surface area contributed by atoms with Crippen LogP contribution in [0.25, 0.3) is 0 Å². The van der Waals surface area contributed by atoms with E-state index in [1.807, 2.05) is 10.9 Å². The summed E-state index contributed by atoms with van der Waals surface area (Å²) in [6.07, 6.45) is 0. The number of benzene rings is 1. The topological polar surface area (TPSA) is 141 Å². The zero-order chi connectivity index (χ0) is 15.4. The highest BCUT2D eigenvalue weighted by Crippen LogP contribution is 2.12. The Morgan fingerprint density at radius 1 is 1.19 bits per heavy atom. The van der Waals surface area contributed by atoms with Crippen LogP contribution in [0, 0.1) is 5.82 Å². The average molecular weight is 293 g/mol. The van der Waals surface area contributed by atoms with Crippen molar-refractivity contribution in [2.75, 3.05) is 0 Å². The molecule has 1 heterocycles. The summed E-state index contributed by atoms with van der Waals surface area (Å²) in [5.41, 5.74) is 3.46. The molecular weight excluding hydrogens is 281 g/mol. The van der Waals surface area contributed by atoms with E-state index in [1.54, 1.807) is 6.07 Å². The molecule has 1 aromatic carbocycles. The van der Waals surface area contributed by atoms with Crippen molar-refractivity contribution < 1.29 is 14.0 Å². The van der Waals surface area contributed by atoms with Crippen LogP contribution in [0.15, 0.2) is 24.3 Å². The summed E-state index contributed by atoms with van der Waals surface area (Å²) < 4.78 is 14.7. The molecule has 0 aliphatic carbocycles. The molecule has 0 fully saturated rings. The first-order valence-corrected chi connectivity index (χ1v) is 5.77. The lowest BCUT2D eigenvalue weighted by atomic mass is 10.2. The van der Waals surface area contributed by atoms with Crippen molar-refractivity contribution >= 4 is 11.8 Å². The third-order valence-electron chi connectivity index (χ3n) is 2.71. The van der Waals surface area contributed by atoms with Crippen molar-refractivity contribution in [2.45, 2.75) is 6.54 Å². The third kappa shape index (κ3) is 2.85. The molecule has 0 spiro atoms. The van der Waals surface area contributed by atoms with E-state index in [2.05, 4.69) is 10.3 Å². The van der Waals surface area contributed by atoms with Gasteiger partial charge in [-0.05, 0) is 6.07 Å². The lowest BCUT2D eigenvalue weighted by Gasteiger charge is -2.07. The Labute approximate surface area is 118 Å². The summed E-state index contributed by atoms with van der Waals surface area (Å²) in [6, 6.07) is 5.94. The number of hydrazine groups is 2. The van der Waals surface area contributed by atoms with Gasteiger partial charge in [-0.3, -0.25) is 20.4 Å². The van der Waals surface area contributed by atoms with Crippen molar-refractivity contribution in [1.29, 1.82) is 0 Å². The van der Waals surface area contributed by atoms with Crippen molar-refractivity contribution in [2.24, 2.45) is 11.7 Å². The molecule has 2 aromatic rings. The Hall–Kier alpha value is -2.85. The smallest absolute Gasteiger partial charge is 0.288 e. The second-order valence-corrected chi connectivity index (χ2v) is 3.98. The molecule has 0 unspecified atom stereocenters. The number of hydrogen-bond acceptors (Lipinski definition) is 6. The van der Waals surface area contributed by atoms with E-state index in [1.165, 1.54) is 18.2 Å². The van der Waals surface area contributed by atoms with Crippen molar-refractivity contribution in [3.63, 3.8) is 0 Å². The van der Waals surface area contributed by atoms with Crippen molar-refractivity contribution in [3.8, 4) is 0 Å². The fraction of sp³-hybridized carbons (Fsp3) is 0.0909. The lowest BCUT2D eigenvalue weighted by molar-refractivity contribution is 0.0911. The molecule has 2 amide bonds. The molecule has 0 aliphatic rings. The third-order valence-corrected chi connectivity index (χ3v) is 2.71. The van der Waals surface area contributed by atoms with Gasteiger partial charge in [0.25, 0.3) is 11.8 Å². The van der Waals surface area contributed by atoms with Gasteiger partial charge in [-0.25, -0.2) is 20.8 Å². The van der Waals surface area contributed by atoms with Crippen LogP contribution in [-0.4, -0.2) is 26.8 Å². The molecule has 0 atom stereocenters. The summed E-state index contributed by atoms with van der Waals surface area (Å²) in [5, 5.41) is 7.22. The number of carbonyl (C=O) groups excluding carboxylic acids is 2. The molecule has 6 N–H and O–H groups in total. The Kier molecular flexibility index (Phi) is 4.21. The van der Waals surface area contributed by atoms with Crippen LogP contribution in [0.5, 0.6) is 0 Å². The highest BCUT2D eigenvalue weighted by molar-refractivity contribution is 6.04. The van der Waals surface area contributed by atoms with E-state index >= 15 is 0 Å². The molecule has 2 rings (SSSR count). The average Bonchev–Trinajstić information content (AvgIpc) is 2.91. The van der Waals surface area contributed by atoms with E-state index < -0.39 is 17.6 Å². The Bertz CT molecular complexity index is 685. The first-order valence-electron chi connectivity index (χ1n) is 5.77. The number of aromatic nitrogens is 3. The van der Waals surface area contributed by atoms with Gasteiger partial charge in [0.05, 0.1) is 6.54 Å². The number of hydrogen-bond donors (Lipinski definition) is 4. The second kappa shape index (κ2) is 6.07. The highest BCUT2D eigenvalue weighted by atomic mass is 19.1. The maximum absolute atomic E-state index is 13.6. The number of nitrogen functional groups attached to an aromatic ring is 2. The molecule has 10 heteroatoms. The minimum absolute atomic E-state index is 0.0969. The second-order valence-electron chi connectivity index (χ2n) is 3.98. The number of amides is 2. The van der Waals surface area contributed by atoms with Gasteiger partial charge >= 0.3 is 0 Å². The van der Waals surface area contributed by atoms with E-state index in [0.29, 0.717) is 0 Å². The number of nitrogens with two attached hydrogens (primary N) is 2. The Morgan fingerprint density at radius 3 is 2.48 bits per heavy atom. The quantitative estimate of drug-likeness (QED) is 0.313. The zero-order valence-electron chi connectivity index (χ0n) is 10.7. The summed E-state index contributed by atoms with van der Waals surface area (Å²) in [5.74, 6) is 7.98. The van der Waals surface area contributed by atoms with E-state index in [-0.39, 0.29) is 23.5 Å². The molecule has 0 aliphatic heterocycles. The predicted octanol–water partition coefficient (Wildman–Crippen LogP) is -1.33. The minimum Gasteiger partial charge on any atom is -0.289 e. The zero-order valence-corrected chi connectivity index (χ0v) is 10.7. The van der Waals surface area contributed by atoms with Crippen LogP contribution in [0.4, 0.5) is 4.39 Å². The van der Waals surface area contributed by atoms with Gasteiger partial charge in [-0.2, -0.15) is 0 Å². The molecule has 9 nitrogen and oxygen atoms in total. The largest absolute Gasteiger partial charge is 0.289 e. The molecule has 0 saturated carbocycles. The summed E-state index contributed by atoms with van der Waals surface area (Å²) in [4.78, 5) is 23.3. The van der Waals surface area contributed by atoms with Gasteiger partial charge in [0.1, 0.15) is 5.82 Å². The summed E-state index contributed by atoms with van der Waals surface area (Å²) >= 11 is 0. The van der Waals surface area contributed by atoms with Crippen molar-refractivity contribution in [1.82, 2.24) is 25.8 Å².